The Bertz CT molecular complexity index is 653. The third-order valence-electron chi connectivity index (χ3n) is 2.84. The molecule has 8 heteroatoms. The fourth-order valence-corrected chi connectivity index (χ4v) is 1.77. The number of carboxylic acids is 1. The monoisotopic (exact) mass is 289 g/mol. The summed E-state index contributed by atoms with van der Waals surface area (Å²) in [6, 6.07) is 5.75. The van der Waals surface area contributed by atoms with Crippen LogP contribution in [0, 0.1) is 0 Å². The molecule has 1 aromatic heterocycles. The number of para-hydroxylation sites is 1. The number of nitrogens with one attached hydrogen (secondary N) is 2. The number of aryl methyl sites for hydroxylation is 1. The van der Waals surface area contributed by atoms with Gasteiger partial charge < -0.3 is 20.3 Å². The Morgan fingerprint density at radius 3 is 2.76 bits per heavy atom. The van der Waals surface area contributed by atoms with Crippen molar-refractivity contribution < 1.29 is 14.7 Å². The maximum Gasteiger partial charge on any atom is 0.337 e. The molecule has 8 nitrogen and oxygen atoms in total. The molecule has 2 aromatic rings. The van der Waals surface area contributed by atoms with Crippen LogP contribution in [0.1, 0.15) is 16.2 Å². The Balaban J connectivity index is 1.88. The molecule has 0 aliphatic carbocycles. The SMILES string of the molecule is Cn1cnnc1CCNC(=O)Nc1ccccc1C(=O)O. The molecule has 0 aliphatic rings. The van der Waals surface area contributed by atoms with Crippen LogP contribution in [0.4, 0.5) is 10.5 Å². The van der Waals surface area contributed by atoms with Crippen molar-refractivity contribution in [2.75, 3.05) is 11.9 Å². The van der Waals surface area contributed by atoms with Crippen LogP contribution in [0.25, 0.3) is 0 Å². The van der Waals surface area contributed by atoms with Crippen molar-refractivity contribution in [3.05, 3.63) is 42.0 Å². The lowest BCUT2D eigenvalue weighted by atomic mass is 10.2. The Labute approximate surface area is 120 Å². The zero-order chi connectivity index (χ0) is 15.2. The summed E-state index contributed by atoms with van der Waals surface area (Å²) in [5, 5.41) is 21.8. The lowest BCUT2D eigenvalue weighted by Crippen LogP contribution is -2.31. The van der Waals surface area contributed by atoms with Crippen molar-refractivity contribution in [2.45, 2.75) is 6.42 Å². The largest absolute Gasteiger partial charge is 0.478 e. The molecule has 1 aromatic carbocycles. The number of nitrogens with zero attached hydrogens (tertiary/aromatic N) is 3. The van der Waals surface area contributed by atoms with E-state index in [1.54, 1.807) is 23.0 Å². The van der Waals surface area contributed by atoms with E-state index in [1.807, 2.05) is 7.05 Å². The highest BCUT2D eigenvalue weighted by molar-refractivity contribution is 5.99. The van der Waals surface area contributed by atoms with Crippen molar-refractivity contribution >= 4 is 17.7 Å². The van der Waals surface area contributed by atoms with Crippen molar-refractivity contribution in [3.63, 3.8) is 0 Å². The molecule has 3 N–H and O–H groups in total. The number of amides is 2. The van der Waals surface area contributed by atoms with Gasteiger partial charge in [-0.1, -0.05) is 12.1 Å². The number of hydrogen-bond donors (Lipinski definition) is 3. The van der Waals surface area contributed by atoms with E-state index in [1.165, 1.54) is 12.1 Å². The molecule has 1 heterocycles. The van der Waals surface area contributed by atoms with Crippen LogP contribution in [-0.2, 0) is 13.5 Å². The molecule has 2 amide bonds. The number of aromatic carboxylic acids is 1. The van der Waals surface area contributed by atoms with Crippen molar-refractivity contribution in [1.82, 2.24) is 20.1 Å². The van der Waals surface area contributed by atoms with Crippen LogP contribution in [0.5, 0.6) is 0 Å². The molecule has 0 radical (unpaired) electrons. The summed E-state index contributed by atoms with van der Waals surface area (Å²) in [6.45, 7) is 0.369. The van der Waals surface area contributed by atoms with Gasteiger partial charge in [0.2, 0.25) is 0 Å². The van der Waals surface area contributed by atoms with E-state index in [0.717, 1.165) is 5.82 Å². The highest BCUT2D eigenvalue weighted by Crippen LogP contribution is 2.14. The summed E-state index contributed by atoms with van der Waals surface area (Å²) in [7, 11) is 1.82. The summed E-state index contributed by atoms with van der Waals surface area (Å²) in [6.07, 6.45) is 2.11. The van der Waals surface area contributed by atoms with Gasteiger partial charge in [0.25, 0.3) is 0 Å². The molecule has 0 bridgehead atoms. The Kier molecular flexibility index (Phi) is 4.50. The minimum absolute atomic E-state index is 0.0425. The molecule has 2 rings (SSSR count). The van der Waals surface area contributed by atoms with Crippen LogP contribution in [0.2, 0.25) is 0 Å². The van der Waals surface area contributed by atoms with Gasteiger partial charge >= 0.3 is 12.0 Å². The van der Waals surface area contributed by atoms with Gasteiger partial charge in [-0.2, -0.15) is 0 Å². The zero-order valence-electron chi connectivity index (χ0n) is 11.4. The number of carboxylic acid groups (broad SMARTS) is 1. The van der Waals surface area contributed by atoms with E-state index in [2.05, 4.69) is 20.8 Å². The highest BCUT2D eigenvalue weighted by Gasteiger charge is 2.11. The summed E-state index contributed by atoms with van der Waals surface area (Å²) in [4.78, 5) is 22.8. The number of carbonyl (C=O) groups is 2. The summed E-state index contributed by atoms with van der Waals surface area (Å²) in [5.41, 5.74) is 0.294. The van der Waals surface area contributed by atoms with Gasteiger partial charge in [-0.05, 0) is 12.1 Å². The van der Waals surface area contributed by atoms with Gasteiger partial charge in [0.05, 0.1) is 11.3 Å². The molecule has 0 fully saturated rings. The first-order valence-corrected chi connectivity index (χ1v) is 6.28. The smallest absolute Gasteiger partial charge is 0.337 e. The van der Waals surface area contributed by atoms with Crippen LogP contribution in [0.15, 0.2) is 30.6 Å². The first kappa shape index (κ1) is 14.5. The number of benzene rings is 1. The molecular formula is C13H15N5O3. The molecule has 0 aliphatic heterocycles. The highest BCUT2D eigenvalue weighted by atomic mass is 16.4. The van der Waals surface area contributed by atoms with E-state index in [0.29, 0.717) is 13.0 Å². The number of carbonyl (C=O) groups excluding carboxylic acids is 1. The van der Waals surface area contributed by atoms with Gasteiger partial charge in [0.15, 0.2) is 0 Å². The number of urea groups is 1. The van der Waals surface area contributed by atoms with E-state index >= 15 is 0 Å². The average Bonchev–Trinajstić information content (AvgIpc) is 2.85. The Morgan fingerprint density at radius 1 is 1.33 bits per heavy atom. The number of anilines is 1. The van der Waals surface area contributed by atoms with Gasteiger partial charge in [0.1, 0.15) is 12.2 Å². The third kappa shape index (κ3) is 3.78. The second-order valence-corrected chi connectivity index (χ2v) is 4.34. The first-order valence-electron chi connectivity index (χ1n) is 6.28. The lowest BCUT2D eigenvalue weighted by molar-refractivity contribution is 0.0698. The van der Waals surface area contributed by atoms with Crippen molar-refractivity contribution in [2.24, 2.45) is 7.05 Å². The molecule has 110 valence electrons. The van der Waals surface area contributed by atoms with Crippen molar-refractivity contribution in [3.8, 4) is 0 Å². The van der Waals surface area contributed by atoms with Crippen LogP contribution >= 0.6 is 0 Å². The van der Waals surface area contributed by atoms with E-state index < -0.39 is 12.0 Å². The lowest BCUT2D eigenvalue weighted by Gasteiger charge is -2.09. The maximum atomic E-state index is 11.7. The molecule has 0 spiro atoms. The van der Waals surface area contributed by atoms with Gasteiger partial charge in [-0.3, -0.25) is 0 Å². The summed E-state index contributed by atoms with van der Waals surface area (Å²) < 4.78 is 1.76. The van der Waals surface area contributed by atoms with E-state index in [-0.39, 0.29) is 11.3 Å². The topological polar surface area (TPSA) is 109 Å². The molecule has 0 unspecified atom stereocenters. The van der Waals surface area contributed by atoms with Crippen LogP contribution in [0.3, 0.4) is 0 Å². The van der Waals surface area contributed by atoms with E-state index in [4.69, 9.17) is 5.11 Å². The van der Waals surface area contributed by atoms with Gasteiger partial charge in [-0.25, -0.2) is 9.59 Å². The normalized spacial score (nSPS) is 10.1. The standard InChI is InChI=1S/C13H15N5O3/c1-18-8-15-17-11(18)6-7-14-13(21)16-10-5-3-2-4-9(10)12(19)20/h2-5,8H,6-7H2,1H3,(H,19,20)(H2,14,16,21). The Hall–Kier alpha value is -2.90. The second kappa shape index (κ2) is 6.51. The molecule has 0 saturated carbocycles. The molecule has 0 atom stereocenters. The number of hydrogen-bond acceptors (Lipinski definition) is 4. The van der Waals surface area contributed by atoms with Crippen molar-refractivity contribution in [1.29, 1.82) is 0 Å². The molecular weight excluding hydrogens is 274 g/mol. The van der Waals surface area contributed by atoms with E-state index in [9.17, 15) is 9.59 Å². The number of aromatic nitrogens is 3. The minimum Gasteiger partial charge on any atom is -0.478 e. The zero-order valence-corrected chi connectivity index (χ0v) is 11.4. The third-order valence-corrected chi connectivity index (χ3v) is 2.84. The fraction of sp³-hybridized carbons (Fsp3) is 0.231. The number of rotatable bonds is 5. The average molecular weight is 289 g/mol. The second-order valence-electron chi connectivity index (χ2n) is 4.34. The minimum atomic E-state index is -1.09. The van der Waals surface area contributed by atoms with Crippen LogP contribution in [-0.4, -0.2) is 38.4 Å². The predicted molar refractivity (Wildman–Crippen MR) is 75.1 cm³/mol. The van der Waals surface area contributed by atoms with Crippen LogP contribution < -0.4 is 10.6 Å². The fourth-order valence-electron chi connectivity index (χ4n) is 1.77. The molecule has 21 heavy (non-hydrogen) atoms. The molecule has 0 saturated heterocycles. The van der Waals surface area contributed by atoms with Gasteiger partial charge in [0, 0.05) is 20.0 Å². The summed E-state index contributed by atoms with van der Waals surface area (Å²) in [5.74, 6) is -0.341. The summed E-state index contributed by atoms with van der Waals surface area (Å²) >= 11 is 0. The Morgan fingerprint density at radius 2 is 2.10 bits per heavy atom. The first-order chi connectivity index (χ1) is 10.1. The quantitative estimate of drug-likeness (QED) is 0.757. The maximum absolute atomic E-state index is 11.7. The van der Waals surface area contributed by atoms with Gasteiger partial charge in [-0.15, -0.1) is 10.2 Å². The predicted octanol–water partition coefficient (Wildman–Crippen LogP) is 0.877.